The molecule has 5 nitrogen and oxygen atoms in total. The highest BCUT2D eigenvalue weighted by Crippen LogP contribution is 2.43. The molecule has 1 unspecified atom stereocenters. The Morgan fingerprint density at radius 2 is 2.08 bits per heavy atom. The van der Waals surface area contributed by atoms with Crippen molar-refractivity contribution in [2.24, 2.45) is 11.7 Å². The summed E-state index contributed by atoms with van der Waals surface area (Å²) < 4.78 is 0. The highest BCUT2D eigenvalue weighted by molar-refractivity contribution is 7.10. The molecule has 1 aliphatic heterocycles. The lowest BCUT2D eigenvalue weighted by Gasteiger charge is -2.42. The lowest BCUT2D eigenvalue weighted by atomic mass is 9.71. The zero-order valence-electron chi connectivity index (χ0n) is 14.8. The van der Waals surface area contributed by atoms with Crippen molar-refractivity contribution in [2.45, 2.75) is 50.4 Å². The third-order valence-electron chi connectivity index (χ3n) is 5.63. The quantitative estimate of drug-likeness (QED) is 0.843. The molecule has 3 N–H and O–H groups in total. The van der Waals surface area contributed by atoms with Gasteiger partial charge in [-0.25, -0.2) is 0 Å². The topological polar surface area (TPSA) is 75.4 Å². The van der Waals surface area contributed by atoms with Crippen LogP contribution in [0.3, 0.4) is 0 Å². The Bertz CT molecular complexity index is 581. The standard InChI is InChI=1S/C19H29N3O2S/c20-10-11-21-17(23)15-6-4-12-22(14-15)18(24)19(8-2-1-3-9-19)16-7-5-13-25-16/h5,7,13,15H,1-4,6,8-12,14,20H2,(H,21,23). The van der Waals surface area contributed by atoms with E-state index in [0.717, 1.165) is 45.1 Å². The van der Waals surface area contributed by atoms with Crippen molar-refractivity contribution < 1.29 is 9.59 Å². The van der Waals surface area contributed by atoms with Gasteiger partial charge in [-0.15, -0.1) is 11.3 Å². The molecule has 6 heteroatoms. The normalized spacial score (nSPS) is 23.2. The van der Waals surface area contributed by atoms with E-state index in [0.29, 0.717) is 19.6 Å². The number of carbonyl (C=O) groups excluding carboxylic acids is 2. The first-order valence-electron chi connectivity index (χ1n) is 9.48. The molecule has 0 spiro atoms. The number of nitrogens with zero attached hydrogens (tertiary/aromatic N) is 1. The molecular weight excluding hydrogens is 334 g/mol. The molecule has 2 amide bonds. The molecule has 1 aromatic heterocycles. The smallest absolute Gasteiger partial charge is 0.234 e. The summed E-state index contributed by atoms with van der Waals surface area (Å²) >= 11 is 1.70. The first-order chi connectivity index (χ1) is 12.2. The lowest BCUT2D eigenvalue weighted by molar-refractivity contribution is -0.142. The molecule has 2 aliphatic rings. The van der Waals surface area contributed by atoms with Crippen molar-refractivity contribution in [2.75, 3.05) is 26.2 Å². The van der Waals surface area contributed by atoms with Gasteiger partial charge >= 0.3 is 0 Å². The summed E-state index contributed by atoms with van der Waals surface area (Å²) in [6, 6.07) is 4.16. The fraction of sp³-hybridized carbons (Fsp3) is 0.684. The first-order valence-corrected chi connectivity index (χ1v) is 10.4. The number of piperidine rings is 1. The zero-order valence-corrected chi connectivity index (χ0v) is 15.7. The van der Waals surface area contributed by atoms with Crippen LogP contribution in [0.1, 0.15) is 49.8 Å². The Balaban J connectivity index is 1.74. The molecule has 25 heavy (non-hydrogen) atoms. The average Bonchev–Trinajstić information content (AvgIpc) is 3.21. The number of hydrogen-bond donors (Lipinski definition) is 2. The van der Waals surface area contributed by atoms with E-state index in [-0.39, 0.29) is 23.1 Å². The molecular formula is C19H29N3O2S. The van der Waals surface area contributed by atoms with E-state index in [9.17, 15) is 9.59 Å². The largest absolute Gasteiger partial charge is 0.355 e. The van der Waals surface area contributed by atoms with Crippen LogP contribution in [0.15, 0.2) is 17.5 Å². The van der Waals surface area contributed by atoms with Gasteiger partial charge in [0, 0.05) is 31.1 Å². The Kier molecular flexibility index (Phi) is 6.12. The second-order valence-electron chi connectivity index (χ2n) is 7.29. The molecule has 138 valence electrons. The molecule has 3 rings (SSSR count). The fourth-order valence-electron chi connectivity index (χ4n) is 4.29. The summed E-state index contributed by atoms with van der Waals surface area (Å²) in [6.07, 6.45) is 7.05. The van der Waals surface area contributed by atoms with E-state index in [4.69, 9.17) is 5.73 Å². The predicted molar refractivity (Wildman–Crippen MR) is 100 cm³/mol. The minimum Gasteiger partial charge on any atom is -0.355 e. The van der Waals surface area contributed by atoms with Crippen LogP contribution in [0.2, 0.25) is 0 Å². The SMILES string of the molecule is NCCNC(=O)C1CCCN(C(=O)C2(c3cccs3)CCCCC2)C1. The molecule has 1 aromatic rings. The predicted octanol–water partition coefficient (Wildman–Crippen LogP) is 2.26. The number of hydrogen-bond acceptors (Lipinski definition) is 4. The maximum Gasteiger partial charge on any atom is 0.234 e. The summed E-state index contributed by atoms with van der Waals surface area (Å²) in [7, 11) is 0. The third-order valence-corrected chi connectivity index (χ3v) is 6.71. The van der Waals surface area contributed by atoms with Gasteiger partial charge in [0.2, 0.25) is 11.8 Å². The van der Waals surface area contributed by atoms with Gasteiger partial charge in [0.15, 0.2) is 0 Å². The van der Waals surface area contributed by atoms with Crippen LogP contribution in [-0.4, -0.2) is 42.9 Å². The molecule has 2 heterocycles. The summed E-state index contributed by atoms with van der Waals surface area (Å²) in [5.41, 5.74) is 5.11. The summed E-state index contributed by atoms with van der Waals surface area (Å²) in [4.78, 5) is 29.0. The maximum atomic E-state index is 13.5. The van der Waals surface area contributed by atoms with Crippen LogP contribution < -0.4 is 11.1 Å². The van der Waals surface area contributed by atoms with E-state index >= 15 is 0 Å². The van der Waals surface area contributed by atoms with E-state index < -0.39 is 0 Å². The number of nitrogens with one attached hydrogen (secondary N) is 1. The monoisotopic (exact) mass is 363 g/mol. The molecule has 0 aromatic carbocycles. The minimum absolute atomic E-state index is 0.0387. The average molecular weight is 364 g/mol. The Morgan fingerprint density at radius 3 is 2.76 bits per heavy atom. The minimum atomic E-state index is -0.359. The third kappa shape index (κ3) is 3.90. The van der Waals surface area contributed by atoms with Crippen LogP contribution in [0.25, 0.3) is 0 Å². The van der Waals surface area contributed by atoms with E-state index in [1.165, 1.54) is 11.3 Å². The molecule has 1 aliphatic carbocycles. The van der Waals surface area contributed by atoms with Crippen LogP contribution in [0, 0.1) is 5.92 Å². The molecule has 2 fully saturated rings. The summed E-state index contributed by atoms with van der Waals surface area (Å²) in [6.45, 7) is 2.26. The van der Waals surface area contributed by atoms with E-state index in [1.807, 2.05) is 11.0 Å². The van der Waals surface area contributed by atoms with Crippen molar-refractivity contribution >= 4 is 23.2 Å². The molecule has 1 atom stereocenters. The Morgan fingerprint density at radius 1 is 1.28 bits per heavy atom. The zero-order chi connectivity index (χ0) is 17.7. The van der Waals surface area contributed by atoms with Crippen LogP contribution >= 0.6 is 11.3 Å². The first kappa shape index (κ1) is 18.4. The van der Waals surface area contributed by atoms with Gasteiger partial charge in [0.25, 0.3) is 0 Å². The maximum absolute atomic E-state index is 13.5. The number of nitrogens with two attached hydrogens (primary N) is 1. The molecule has 1 saturated carbocycles. The van der Waals surface area contributed by atoms with Crippen LogP contribution in [-0.2, 0) is 15.0 Å². The number of thiophene rings is 1. The van der Waals surface area contributed by atoms with Crippen molar-refractivity contribution in [1.82, 2.24) is 10.2 Å². The van der Waals surface area contributed by atoms with E-state index in [1.54, 1.807) is 11.3 Å². The van der Waals surface area contributed by atoms with Gasteiger partial charge in [0.1, 0.15) is 0 Å². The van der Waals surface area contributed by atoms with Gasteiger partial charge in [-0.3, -0.25) is 9.59 Å². The van der Waals surface area contributed by atoms with Gasteiger partial charge in [-0.2, -0.15) is 0 Å². The van der Waals surface area contributed by atoms with Crippen molar-refractivity contribution in [3.63, 3.8) is 0 Å². The highest BCUT2D eigenvalue weighted by atomic mass is 32.1. The number of rotatable bonds is 5. The van der Waals surface area contributed by atoms with Gasteiger partial charge < -0.3 is 16.0 Å². The molecule has 0 bridgehead atoms. The van der Waals surface area contributed by atoms with Gasteiger partial charge in [-0.05, 0) is 37.1 Å². The van der Waals surface area contributed by atoms with Gasteiger partial charge in [0.05, 0.1) is 11.3 Å². The summed E-state index contributed by atoms with van der Waals surface area (Å²) in [5, 5.41) is 4.95. The molecule has 0 radical (unpaired) electrons. The second kappa shape index (κ2) is 8.32. The second-order valence-corrected chi connectivity index (χ2v) is 8.24. The molecule has 1 saturated heterocycles. The number of amides is 2. The van der Waals surface area contributed by atoms with Crippen molar-refractivity contribution in [1.29, 1.82) is 0 Å². The lowest BCUT2D eigenvalue weighted by Crippen LogP contribution is -2.53. The van der Waals surface area contributed by atoms with Crippen molar-refractivity contribution in [3.05, 3.63) is 22.4 Å². The fourth-order valence-corrected chi connectivity index (χ4v) is 5.27. The Hall–Kier alpha value is -1.40. The number of likely N-dealkylation sites (tertiary alicyclic amines) is 1. The number of carbonyl (C=O) groups is 2. The highest BCUT2D eigenvalue weighted by Gasteiger charge is 2.45. The van der Waals surface area contributed by atoms with Crippen molar-refractivity contribution in [3.8, 4) is 0 Å². The van der Waals surface area contributed by atoms with Crippen LogP contribution in [0.4, 0.5) is 0 Å². The van der Waals surface area contributed by atoms with Gasteiger partial charge in [-0.1, -0.05) is 25.3 Å². The Labute approximate surface area is 154 Å². The van der Waals surface area contributed by atoms with Crippen LogP contribution in [0.5, 0.6) is 0 Å². The summed E-state index contributed by atoms with van der Waals surface area (Å²) in [5.74, 6) is 0.177. The van der Waals surface area contributed by atoms with E-state index in [2.05, 4.69) is 16.8 Å².